The number of fused-ring (bicyclic) bond motifs is 1. The van der Waals surface area contributed by atoms with Crippen molar-refractivity contribution >= 4 is 35.1 Å². The van der Waals surface area contributed by atoms with E-state index in [4.69, 9.17) is 12.2 Å². The Morgan fingerprint density at radius 3 is 2.79 bits per heavy atom. The van der Waals surface area contributed by atoms with Crippen molar-refractivity contribution in [2.45, 2.75) is 12.5 Å². The molecule has 19 heavy (non-hydrogen) atoms. The van der Waals surface area contributed by atoms with Crippen molar-refractivity contribution in [1.29, 1.82) is 0 Å². The standard InChI is InChI=1S/C12H10FN3O2S/c1-15-10(17)5-9(11(15)18)16-8-3-2-6(13)4-7(8)14-12(16)19/h2-4,9H,5H2,1H3,(H,14,19). The average Bonchev–Trinajstić information content (AvgIpc) is 2.80. The molecule has 1 aromatic carbocycles. The van der Waals surface area contributed by atoms with Crippen molar-refractivity contribution in [3.63, 3.8) is 0 Å². The number of H-pyrrole nitrogens is 1. The van der Waals surface area contributed by atoms with Crippen LogP contribution >= 0.6 is 12.2 Å². The number of hydrogen-bond acceptors (Lipinski definition) is 3. The number of rotatable bonds is 1. The second kappa shape index (κ2) is 3.99. The van der Waals surface area contributed by atoms with Crippen LogP contribution in [0, 0.1) is 10.6 Å². The van der Waals surface area contributed by atoms with Crippen LogP contribution in [0.3, 0.4) is 0 Å². The predicted molar refractivity (Wildman–Crippen MR) is 68.5 cm³/mol. The van der Waals surface area contributed by atoms with Crippen molar-refractivity contribution in [3.8, 4) is 0 Å². The van der Waals surface area contributed by atoms with E-state index in [0.717, 1.165) is 4.90 Å². The van der Waals surface area contributed by atoms with Gasteiger partial charge in [0.15, 0.2) is 4.77 Å². The van der Waals surface area contributed by atoms with Crippen LogP contribution in [0.5, 0.6) is 0 Å². The maximum Gasteiger partial charge on any atom is 0.252 e. The van der Waals surface area contributed by atoms with Crippen LogP contribution in [-0.4, -0.2) is 33.3 Å². The van der Waals surface area contributed by atoms with E-state index in [0.29, 0.717) is 15.8 Å². The zero-order valence-corrected chi connectivity index (χ0v) is 10.8. The lowest BCUT2D eigenvalue weighted by molar-refractivity contribution is -0.137. The molecule has 0 aliphatic carbocycles. The molecule has 5 nitrogen and oxygen atoms in total. The summed E-state index contributed by atoms with van der Waals surface area (Å²) in [6.45, 7) is 0. The number of amides is 2. The Morgan fingerprint density at radius 1 is 1.42 bits per heavy atom. The SMILES string of the molecule is CN1C(=O)CC(n2c(=S)[nH]c3cc(F)ccc32)C1=O. The fourth-order valence-electron chi connectivity index (χ4n) is 2.35. The Kier molecular flexibility index (Phi) is 2.53. The van der Waals surface area contributed by atoms with Crippen LogP contribution in [0.1, 0.15) is 12.5 Å². The van der Waals surface area contributed by atoms with Gasteiger partial charge >= 0.3 is 0 Å². The highest BCUT2D eigenvalue weighted by molar-refractivity contribution is 7.71. The summed E-state index contributed by atoms with van der Waals surface area (Å²) in [5.74, 6) is -0.929. The Bertz CT molecular complexity index is 764. The third-order valence-electron chi connectivity index (χ3n) is 3.35. The van der Waals surface area contributed by atoms with Crippen LogP contribution < -0.4 is 0 Å². The van der Waals surface area contributed by atoms with Crippen molar-refractivity contribution in [2.75, 3.05) is 7.05 Å². The normalized spacial score (nSPS) is 19.7. The quantitative estimate of drug-likeness (QED) is 0.639. The van der Waals surface area contributed by atoms with Crippen LogP contribution in [0.4, 0.5) is 4.39 Å². The number of hydrogen-bond donors (Lipinski definition) is 1. The Morgan fingerprint density at radius 2 is 2.16 bits per heavy atom. The molecule has 0 saturated carbocycles. The van der Waals surface area contributed by atoms with Gasteiger partial charge < -0.3 is 9.55 Å². The molecule has 1 saturated heterocycles. The number of imidazole rings is 1. The number of nitrogens with one attached hydrogen (secondary N) is 1. The minimum absolute atomic E-state index is 0.0774. The van der Waals surface area contributed by atoms with E-state index < -0.39 is 6.04 Å². The van der Waals surface area contributed by atoms with Gasteiger partial charge in [-0.1, -0.05) is 0 Å². The van der Waals surface area contributed by atoms with Gasteiger partial charge in [-0.2, -0.15) is 0 Å². The number of halogens is 1. The maximum absolute atomic E-state index is 13.2. The molecule has 2 amide bonds. The van der Waals surface area contributed by atoms with Gasteiger partial charge in [-0.15, -0.1) is 0 Å². The van der Waals surface area contributed by atoms with Gasteiger partial charge in [0, 0.05) is 7.05 Å². The Hall–Kier alpha value is -2.02. The van der Waals surface area contributed by atoms with Gasteiger partial charge in [0.1, 0.15) is 11.9 Å². The van der Waals surface area contributed by atoms with E-state index in [2.05, 4.69) is 4.98 Å². The molecule has 1 atom stereocenters. The monoisotopic (exact) mass is 279 g/mol. The molecule has 1 aliphatic rings. The molecule has 1 aliphatic heterocycles. The van der Waals surface area contributed by atoms with Gasteiger partial charge in [-0.05, 0) is 30.4 Å². The highest BCUT2D eigenvalue weighted by atomic mass is 32.1. The Balaban J connectivity index is 2.21. The number of carbonyl (C=O) groups is 2. The zero-order chi connectivity index (χ0) is 13.7. The zero-order valence-electron chi connectivity index (χ0n) is 10.0. The van der Waals surface area contributed by atoms with E-state index in [1.54, 1.807) is 10.6 Å². The molecular formula is C12H10FN3O2S. The maximum atomic E-state index is 13.2. The van der Waals surface area contributed by atoms with Gasteiger partial charge in [-0.25, -0.2) is 4.39 Å². The minimum Gasteiger partial charge on any atom is -0.330 e. The summed E-state index contributed by atoms with van der Waals surface area (Å²) >= 11 is 5.17. The first-order chi connectivity index (χ1) is 8.99. The molecule has 0 bridgehead atoms. The average molecular weight is 279 g/mol. The van der Waals surface area contributed by atoms with Gasteiger partial charge in [0.25, 0.3) is 5.91 Å². The minimum atomic E-state index is -0.649. The number of aromatic amines is 1. The van der Waals surface area contributed by atoms with Crippen LogP contribution in [-0.2, 0) is 9.59 Å². The van der Waals surface area contributed by atoms with Crippen molar-refractivity contribution in [1.82, 2.24) is 14.5 Å². The highest BCUT2D eigenvalue weighted by Crippen LogP contribution is 2.28. The first-order valence-corrected chi connectivity index (χ1v) is 6.10. The van der Waals surface area contributed by atoms with Crippen LogP contribution in [0.15, 0.2) is 18.2 Å². The molecule has 98 valence electrons. The Labute approximate surface area is 112 Å². The number of benzene rings is 1. The molecule has 1 unspecified atom stereocenters. The summed E-state index contributed by atoms with van der Waals surface area (Å²) < 4.78 is 15.0. The molecule has 7 heteroatoms. The fraction of sp³-hybridized carbons (Fsp3) is 0.250. The first-order valence-electron chi connectivity index (χ1n) is 5.69. The van der Waals surface area contributed by atoms with E-state index >= 15 is 0 Å². The van der Waals surface area contributed by atoms with E-state index in [9.17, 15) is 14.0 Å². The molecule has 0 radical (unpaired) electrons. The summed E-state index contributed by atoms with van der Waals surface area (Å²) in [6.07, 6.45) is 0.0774. The van der Waals surface area contributed by atoms with Crippen molar-refractivity contribution in [2.24, 2.45) is 0 Å². The molecule has 0 spiro atoms. The summed E-state index contributed by atoms with van der Waals surface area (Å²) in [5, 5.41) is 0. The first kappa shape index (κ1) is 12.0. The second-order valence-corrected chi connectivity index (χ2v) is 4.86. The lowest BCUT2D eigenvalue weighted by atomic mass is 10.2. The summed E-state index contributed by atoms with van der Waals surface area (Å²) in [5.41, 5.74) is 1.13. The summed E-state index contributed by atoms with van der Waals surface area (Å²) in [7, 11) is 1.45. The molecule has 3 rings (SSSR count). The lowest BCUT2D eigenvalue weighted by Gasteiger charge is -2.11. The molecule has 1 N–H and O–H groups in total. The van der Waals surface area contributed by atoms with E-state index in [1.165, 1.54) is 19.2 Å². The van der Waals surface area contributed by atoms with Crippen molar-refractivity contribution < 1.29 is 14.0 Å². The summed E-state index contributed by atoms with van der Waals surface area (Å²) in [4.78, 5) is 27.5. The van der Waals surface area contributed by atoms with E-state index in [1.807, 2.05) is 0 Å². The number of likely N-dealkylation sites (tertiary alicyclic amines) is 1. The largest absolute Gasteiger partial charge is 0.330 e. The predicted octanol–water partition coefficient (Wildman–Crippen LogP) is 1.77. The smallest absolute Gasteiger partial charge is 0.252 e. The number of likely N-dealkylation sites (N-methyl/N-ethyl adjacent to an activating group) is 1. The molecule has 2 aromatic rings. The fourth-order valence-corrected chi connectivity index (χ4v) is 2.69. The van der Waals surface area contributed by atoms with E-state index in [-0.39, 0.29) is 24.1 Å². The number of carbonyl (C=O) groups excluding carboxylic acids is 2. The molecular weight excluding hydrogens is 269 g/mol. The van der Waals surface area contributed by atoms with Crippen molar-refractivity contribution in [3.05, 3.63) is 28.8 Å². The number of aromatic nitrogens is 2. The third-order valence-corrected chi connectivity index (χ3v) is 3.65. The number of imide groups is 1. The van der Waals surface area contributed by atoms with Gasteiger partial charge in [0.05, 0.1) is 17.5 Å². The molecule has 2 heterocycles. The number of nitrogens with zero attached hydrogens (tertiary/aromatic N) is 2. The van der Waals surface area contributed by atoms with Crippen LogP contribution in [0.25, 0.3) is 11.0 Å². The van der Waals surface area contributed by atoms with Crippen LogP contribution in [0.2, 0.25) is 0 Å². The van der Waals surface area contributed by atoms with Gasteiger partial charge in [0.2, 0.25) is 5.91 Å². The highest BCUT2D eigenvalue weighted by Gasteiger charge is 2.38. The molecule has 1 fully saturated rings. The van der Waals surface area contributed by atoms with Gasteiger partial charge in [-0.3, -0.25) is 14.5 Å². The third kappa shape index (κ3) is 1.69. The summed E-state index contributed by atoms with van der Waals surface area (Å²) in [6, 6.07) is 3.51. The topological polar surface area (TPSA) is 58.1 Å². The lowest BCUT2D eigenvalue weighted by Crippen LogP contribution is -2.26. The second-order valence-electron chi connectivity index (χ2n) is 4.47. The molecule has 1 aromatic heterocycles.